The minimum Gasteiger partial charge on any atom is -0.468 e. The Morgan fingerprint density at radius 3 is 1.72 bits per heavy atom. The molecule has 15 rings (SSSR count). The van der Waals surface area contributed by atoms with Gasteiger partial charge in [0.1, 0.15) is 5.58 Å². The van der Waals surface area contributed by atoms with Crippen molar-refractivity contribution in [2.24, 2.45) is 0 Å². The number of hydrogen-bond donors (Lipinski definition) is 0. The molecule has 3 nitrogen and oxygen atoms in total. The third kappa shape index (κ3) is 6.85. The van der Waals surface area contributed by atoms with Gasteiger partial charge in [0.25, 0.3) is 6.71 Å². The van der Waals surface area contributed by atoms with Gasteiger partial charge in [-0.15, -0.1) is 0 Å². The van der Waals surface area contributed by atoms with E-state index in [0.717, 1.165) is 11.2 Å². The summed E-state index contributed by atoms with van der Waals surface area (Å²) in [6.45, 7) is 19.8. The van der Waals surface area contributed by atoms with Crippen LogP contribution in [0.2, 0.25) is 0 Å². The molecule has 0 N–H and O–H groups in total. The molecule has 4 heteroatoms. The predicted molar refractivity (Wildman–Crippen MR) is 322 cm³/mol. The minimum atomic E-state index is -0.0736. The molecule has 76 heavy (non-hydrogen) atoms. The molecular formula is C72H81BN2O. The van der Waals surface area contributed by atoms with Gasteiger partial charge in [-0.05, 0) is 207 Å². The number of rotatable bonds is 4. The summed E-state index contributed by atoms with van der Waals surface area (Å²) in [7, 11) is 0. The molecule has 0 bridgehead atoms. The fraction of sp³-hybridized carbons (Fsp3) is 0.472. The van der Waals surface area contributed by atoms with Crippen LogP contribution in [0.1, 0.15) is 234 Å². The summed E-state index contributed by atoms with van der Waals surface area (Å²) >= 11 is 0. The summed E-state index contributed by atoms with van der Waals surface area (Å²) in [5.41, 5.74) is 28.3. The maximum atomic E-state index is 7.83. The van der Waals surface area contributed by atoms with Crippen LogP contribution in [0.15, 0.2) is 108 Å². The van der Waals surface area contributed by atoms with Crippen molar-refractivity contribution in [1.29, 1.82) is 0 Å². The highest BCUT2D eigenvalue weighted by Gasteiger charge is 2.51. The van der Waals surface area contributed by atoms with E-state index in [1.807, 2.05) is 0 Å². The smallest absolute Gasteiger partial charge is 0.297 e. The van der Waals surface area contributed by atoms with Gasteiger partial charge < -0.3 is 14.2 Å². The van der Waals surface area contributed by atoms with Gasteiger partial charge >= 0.3 is 0 Å². The first-order valence-corrected chi connectivity index (χ1v) is 30.6. The van der Waals surface area contributed by atoms with Crippen LogP contribution in [0.5, 0.6) is 0 Å². The van der Waals surface area contributed by atoms with E-state index in [1.165, 1.54) is 217 Å². The standard InChI is InChI=1S/C72H81BN2O/c1-68(2)35-36-69(3,4)55-42-49(30-31-53(55)68)74-61-40-48(46-23-14-10-15-24-46)41-62-65(61)73(67-66(74)51-43-56-57(44-63(51)76-67)71(7,8)38-37-70(56,5)6)58-32-29-47(45-21-12-9-13-22-45)39-60(58)75(62)59-28-20-27-54-64(59)50-25-16-17-26-52(50)72(54)33-18-11-19-34-72/h16-17,20,25-32,39-46H,9-15,18-19,21-24,33-38H2,1-8H3. The molecule has 0 atom stereocenters. The molecule has 0 amide bonds. The normalized spacial score (nSPS) is 22.3. The van der Waals surface area contributed by atoms with Crippen LogP contribution in [0, 0.1) is 0 Å². The van der Waals surface area contributed by atoms with Crippen molar-refractivity contribution < 1.29 is 4.42 Å². The van der Waals surface area contributed by atoms with Gasteiger partial charge in [0, 0.05) is 39.1 Å². The van der Waals surface area contributed by atoms with Crippen molar-refractivity contribution in [3.63, 3.8) is 0 Å². The molecule has 3 heterocycles. The molecule has 6 aromatic carbocycles. The number of benzene rings is 6. The fourth-order valence-electron chi connectivity index (χ4n) is 17.5. The van der Waals surface area contributed by atoms with Gasteiger partial charge in [0.15, 0.2) is 0 Å². The van der Waals surface area contributed by atoms with Gasteiger partial charge in [0.05, 0.1) is 17.0 Å². The summed E-state index contributed by atoms with van der Waals surface area (Å²) in [5.74, 6) is 1.10. The molecule has 388 valence electrons. The molecule has 1 spiro atoms. The van der Waals surface area contributed by atoms with Crippen LogP contribution >= 0.6 is 0 Å². The Morgan fingerprint density at radius 2 is 1.03 bits per heavy atom. The lowest BCUT2D eigenvalue weighted by Crippen LogP contribution is -2.61. The van der Waals surface area contributed by atoms with Gasteiger partial charge in [-0.2, -0.15) is 0 Å². The lowest BCUT2D eigenvalue weighted by molar-refractivity contribution is 0.332. The average molecular weight is 1000 g/mol. The molecule has 6 aliphatic carbocycles. The zero-order chi connectivity index (χ0) is 51.7. The molecule has 0 saturated heterocycles. The lowest BCUT2D eigenvalue weighted by atomic mass is 9.35. The molecule has 7 aromatic rings. The van der Waals surface area contributed by atoms with E-state index < -0.39 is 0 Å². The van der Waals surface area contributed by atoms with E-state index in [-0.39, 0.29) is 33.8 Å². The topological polar surface area (TPSA) is 19.6 Å². The maximum Gasteiger partial charge on any atom is 0.297 e. The minimum absolute atomic E-state index is 0.0571. The average Bonchev–Trinajstić information content (AvgIpc) is 4.09. The van der Waals surface area contributed by atoms with Crippen LogP contribution in [0.4, 0.5) is 34.1 Å². The third-order valence-corrected chi connectivity index (χ3v) is 22.1. The van der Waals surface area contributed by atoms with Gasteiger partial charge in [0.2, 0.25) is 0 Å². The molecule has 0 radical (unpaired) electrons. The zero-order valence-electron chi connectivity index (χ0n) is 47.3. The van der Waals surface area contributed by atoms with Gasteiger partial charge in [-0.1, -0.05) is 168 Å². The van der Waals surface area contributed by atoms with Crippen LogP contribution in [-0.4, -0.2) is 6.71 Å². The van der Waals surface area contributed by atoms with E-state index >= 15 is 0 Å². The van der Waals surface area contributed by atoms with Gasteiger partial charge in [-0.25, -0.2) is 0 Å². The third-order valence-electron chi connectivity index (χ3n) is 22.1. The summed E-state index contributed by atoms with van der Waals surface area (Å²) < 4.78 is 7.83. The number of furan rings is 1. The number of hydrogen-bond acceptors (Lipinski definition) is 3. The maximum absolute atomic E-state index is 7.83. The SMILES string of the molecule is CC1(C)CCC(C)(C)c2cc(N3c4cc(C5CCCCC5)cc5c4B(c4ccc(C6CCCCC6)cc4N5c4cccc5c4-c4ccccc4C54CCCCC4)c4oc5cc6c(cc5c43)C(C)(C)CCC6(C)C)ccc21. The van der Waals surface area contributed by atoms with E-state index in [9.17, 15) is 0 Å². The summed E-state index contributed by atoms with van der Waals surface area (Å²) in [4.78, 5) is 5.60. The van der Waals surface area contributed by atoms with E-state index in [4.69, 9.17) is 4.42 Å². The highest BCUT2D eigenvalue weighted by molar-refractivity contribution is 7.00. The zero-order valence-corrected chi connectivity index (χ0v) is 47.3. The second kappa shape index (κ2) is 16.8. The lowest BCUT2D eigenvalue weighted by Gasteiger charge is -2.45. The fourth-order valence-corrected chi connectivity index (χ4v) is 17.5. The Balaban J connectivity index is 1.07. The second-order valence-electron chi connectivity index (χ2n) is 28.4. The molecule has 3 saturated carbocycles. The van der Waals surface area contributed by atoms with Crippen molar-refractivity contribution in [2.45, 2.75) is 216 Å². The summed E-state index contributed by atoms with van der Waals surface area (Å²) in [5, 5.41) is 1.27. The Kier molecular flexibility index (Phi) is 10.5. The van der Waals surface area contributed by atoms with Crippen molar-refractivity contribution in [3.05, 3.63) is 148 Å². The van der Waals surface area contributed by atoms with Crippen LogP contribution in [0.25, 0.3) is 22.1 Å². The van der Waals surface area contributed by atoms with Crippen molar-refractivity contribution in [2.75, 3.05) is 9.80 Å². The molecule has 2 aliphatic heterocycles. The molecular weight excluding hydrogens is 920 g/mol. The van der Waals surface area contributed by atoms with Crippen LogP contribution in [0.3, 0.4) is 0 Å². The Morgan fingerprint density at radius 1 is 0.447 bits per heavy atom. The van der Waals surface area contributed by atoms with E-state index in [1.54, 1.807) is 11.1 Å². The molecule has 3 fully saturated rings. The molecule has 1 aromatic heterocycles. The Hall–Kier alpha value is -5.48. The molecule has 8 aliphatic rings. The number of nitrogens with zero attached hydrogens (tertiary/aromatic N) is 2. The predicted octanol–water partition coefficient (Wildman–Crippen LogP) is 18.5. The second-order valence-corrected chi connectivity index (χ2v) is 28.4. The van der Waals surface area contributed by atoms with Crippen LogP contribution < -0.4 is 26.4 Å². The largest absolute Gasteiger partial charge is 0.468 e. The number of fused-ring (bicyclic) bond motifs is 13. The Bertz CT molecular complexity index is 3530. The van der Waals surface area contributed by atoms with Crippen molar-refractivity contribution in [3.8, 4) is 11.1 Å². The molecule has 0 unspecified atom stereocenters. The Labute approximate surface area is 455 Å². The highest BCUT2D eigenvalue weighted by atomic mass is 16.3. The summed E-state index contributed by atoms with van der Waals surface area (Å²) in [6, 6.07) is 43.2. The summed E-state index contributed by atoms with van der Waals surface area (Å²) in [6.07, 6.45) is 24.1. The van der Waals surface area contributed by atoms with E-state index in [0.29, 0.717) is 11.8 Å². The van der Waals surface area contributed by atoms with Crippen molar-refractivity contribution in [1.82, 2.24) is 0 Å². The quantitative estimate of drug-likeness (QED) is 0.164. The van der Waals surface area contributed by atoms with E-state index in [2.05, 4.69) is 168 Å². The first-order valence-electron chi connectivity index (χ1n) is 30.6. The number of anilines is 6. The monoisotopic (exact) mass is 1000 g/mol. The highest BCUT2D eigenvalue weighted by Crippen LogP contribution is 2.61. The van der Waals surface area contributed by atoms with Crippen molar-refractivity contribution >= 4 is 68.4 Å². The van der Waals surface area contributed by atoms with Gasteiger partial charge in [-0.3, -0.25) is 0 Å². The first-order chi connectivity index (χ1) is 36.6. The first kappa shape index (κ1) is 47.7. The van der Waals surface area contributed by atoms with Crippen LogP contribution in [-0.2, 0) is 27.1 Å².